The molecule has 2 aliphatic rings. The fourth-order valence-electron chi connectivity index (χ4n) is 4.28. The van der Waals surface area contributed by atoms with E-state index in [9.17, 15) is 20.4 Å². The molecular weight excluding hydrogens is 416 g/mol. The standard InChI is InChI=1S/C24H30O8/c1-29-24(23(28)22(27)21(26)20(13-25)32-24)17-4-2-3-16(12-17)11-15-5-7-18(8-6-15)31-19-9-10-30-14-19/h2-8,12,19-23,25-28H,9-11,13-14H2,1H3/t19-,20+,21+,22-,23+,24-/m0/s1. The van der Waals surface area contributed by atoms with Gasteiger partial charge in [-0.1, -0.05) is 30.3 Å². The van der Waals surface area contributed by atoms with Crippen molar-refractivity contribution in [2.75, 3.05) is 26.9 Å². The molecule has 0 spiro atoms. The van der Waals surface area contributed by atoms with Crippen molar-refractivity contribution in [1.82, 2.24) is 0 Å². The van der Waals surface area contributed by atoms with E-state index in [0.29, 0.717) is 18.6 Å². The van der Waals surface area contributed by atoms with E-state index in [0.717, 1.165) is 29.9 Å². The number of aliphatic hydroxyl groups excluding tert-OH is 4. The van der Waals surface area contributed by atoms with Crippen LogP contribution in [0.25, 0.3) is 0 Å². The summed E-state index contributed by atoms with van der Waals surface area (Å²) in [6.07, 6.45) is -4.01. The summed E-state index contributed by atoms with van der Waals surface area (Å²) in [6.45, 7) is 0.819. The van der Waals surface area contributed by atoms with E-state index in [4.69, 9.17) is 18.9 Å². The highest BCUT2D eigenvalue weighted by Gasteiger charge is 2.55. The van der Waals surface area contributed by atoms with Gasteiger partial charge in [-0.3, -0.25) is 0 Å². The molecule has 0 aliphatic carbocycles. The molecule has 2 aromatic carbocycles. The van der Waals surface area contributed by atoms with Crippen molar-refractivity contribution >= 4 is 0 Å². The highest BCUT2D eigenvalue weighted by atomic mass is 16.7. The zero-order valence-corrected chi connectivity index (χ0v) is 18.0. The molecule has 0 aromatic heterocycles. The Morgan fingerprint density at radius 1 is 1.03 bits per heavy atom. The van der Waals surface area contributed by atoms with Gasteiger partial charge in [0, 0.05) is 19.1 Å². The van der Waals surface area contributed by atoms with Crippen molar-refractivity contribution in [3.05, 3.63) is 65.2 Å². The summed E-state index contributed by atoms with van der Waals surface area (Å²) in [5, 5.41) is 40.6. The Hall–Kier alpha value is -2.04. The van der Waals surface area contributed by atoms with E-state index in [-0.39, 0.29) is 6.10 Å². The average molecular weight is 446 g/mol. The monoisotopic (exact) mass is 446 g/mol. The highest BCUT2D eigenvalue weighted by Crippen LogP contribution is 2.39. The molecule has 4 N–H and O–H groups in total. The molecule has 0 radical (unpaired) electrons. The molecule has 0 amide bonds. The van der Waals surface area contributed by atoms with Crippen molar-refractivity contribution in [2.24, 2.45) is 0 Å². The van der Waals surface area contributed by atoms with Crippen LogP contribution in [-0.2, 0) is 26.4 Å². The lowest BCUT2D eigenvalue weighted by atomic mass is 9.87. The minimum absolute atomic E-state index is 0.0984. The molecule has 2 heterocycles. The number of ether oxygens (including phenoxy) is 4. The van der Waals surface area contributed by atoms with Gasteiger partial charge in [-0.15, -0.1) is 0 Å². The number of methoxy groups -OCH3 is 1. The van der Waals surface area contributed by atoms with Crippen LogP contribution in [0.15, 0.2) is 48.5 Å². The first-order valence-corrected chi connectivity index (χ1v) is 10.8. The number of benzene rings is 2. The summed E-state index contributed by atoms with van der Waals surface area (Å²) in [4.78, 5) is 0. The van der Waals surface area contributed by atoms with Gasteiger partial charge in [0.1, 0.15) is 36.3 Å². The molecule has 6 atom stereocenters. The zero-order chi connectivity index (χ0) is 22.7. The molecular formula is C24H30O8. The molecule has 2 aliphatic heterocycles. The minimum atomic E-state index is -1.72. The van der Waals surface area contributed by atoms with Crippen LogP contribution in [0.4, 0.5) is 0 Å². The summed E-state index contributed by atoms with van der Waals surface area (Å²) < 4.78 is 22.6. The largest absolute Gasteiger partial charge is 0.488 e. The first-order chi connectivity index (χ1) is 15.5. The first-order valence-electron chi connectivity index (χ1n) is 10.8. The van der Waals surface area contributed by atoms with Crippen LogP contribution >= 0.6 is 0 Å². The van der Waals surface area contributed by atoms with Crippen LogP contribution in [0.2, 0.25) is 0 Å². The summed E-state index contributed by atoms with van der Waals surface area (Å²) in [7, 11) is 1.35. The van der Waals surface area contributed by atoms with E-state index in [1.54, 1.807) is 6.07 Å². The van der Waals surface area contributed by atoms with E-state index in [2.05, 4.69) is 0 Å². The number of hydrogen-bond donors (Lipinski definition) is 4. The Balaban J connectivity index is 1.52. The molecule has 32 heavy (non-hydrogen) atoms. The Labute approximate surface area is 186 Å². The van der Waals surface area contributed by atoms with Crippen LogP contribution in [0.3, 0.4) is 0 Å². The third-order valence-electron chi connectivity index (χ3n) is 6.10. The fraction of sp³-hybridized carbons (Fsp3) is 0.500. The SMILES string of the molecule is CO[C@@]1(c2cccc(Cc3ccc(O[C@H]4CCOC4)cc3)c2)O[C@H](CO)[C@@H](O)[C@H](O)[C@H]1O. The van der Waals surface area contributed by atoms with E-state index >= 15 is 0 Å². The molecule has 2 saturated heterocycles. The van der Waals surface area contributed by atoms with E-state index in [1.807, 2.05) is 42.5 Å². The highest BCUT2D eigenvalue weighted by molar-refractivity contribution is 5.35. The maximum Gasteiger partial charge on any atom is 0.224 e. The predicted molar refractivity (Wildman–Crippen MR) is 114 cm³/mol. The predicted octanol–water partition coefficient (Wildman–Crippen LogP) is 0.718. The van der Waals surface area contributed by atoms with Crippen molar-refractivity contribution in [3.63, 3.8) is 0 Å². The zero-order valence-electron chi connectivity index (χ0n) is 18.0. The molecule has 8 nitrogen and oxygen atoms in total. The number of hydrogen-bond acceptors (Lipinski definition) is 8. The molecule has 0 unspecified atom stereocenters. The second-order valence-electron chi connectivity index (χ2n) is 8.26. The van der Waals surface area contributed by atoms with Crippen LogP contribution in [0, 0.1) is 0 Å². The minimum Gasteiger partial charge on any atom is -0.488 e. The van der Waals surface area contributed by atoms with Gasteiger partial charge in [-0.25, -0.2) is 0 Å². The average Bonchev–Trinajstić information content (AvgIpc) is 3.33. The molecule has 174 valence electrons. The Bertz CT molecular complexity index is 880. The van der Waals surface area contributed by atoms with Crippen molar-refractivity contribution in [1.29, 1.82) is 0 Å². The van der Waals surface area contributed by atoms with Gasteiger partial charge in [0.25, 0.3) is 0 Å². The van der Waals surface area contributed by atoms with Gasteiger partial charge in [0.15, 0.2) is 0 Å². The molecule has 0 bridgehead atoms. The van der Waals surface area contributed by atoms with E-state index < -0.39 is 36.8 Å². The Kier molecular flexibility index (Phi) is 7.11. The van der Waals surface area contributed by atoms with Gasteiger partial charge in [0.2, 0.25) is 5.79 Å². The second kappa shape index (κ2) is 9.84. The third-order valence-corrected chi connectivity index (χ3v) is 6.10. The van der Waals surface area contributed by atoms with Crippen LogP contribution in [0.1, 0.15) is 23.1 Å². The lowest BCUT2D eigenvalue weighted by Crippen LogP contribution is -2.64. The summed E-state index contributed by atoms with van der Waals surface area (Å²) >= 11 is 0. The van der Waals surface area contributed by atoms with E-state index in [1.165, 1.54) is 7.11 Å². The second-order valence-corrected chi connectivity index (χ2v) is 8.26. The molecule has 0 saturated carbocycles. The van der Waals surface area contributed by atoms with Crippen molar-refractivity contribution in [2.45, 2.75) is 49.1 Å². The fourth-order valence-corrected chi connectivity index (χ4v) is 4.28. The lowest BCUT2D eigenvalue weighted by molar-refractivity contribution is -0.366. The number of aliphatic hydroxyl groups is 4. The maximum absolute atomic E-state index is 10.7. The first kappa shape index (κ1) is 23.1. The quantitative estimate of drug-likeness (QED) is 0.492. The summed E-state index contributed by atoms with van der Waals surface area (Å²) in [6, 6.07) is 15.2. The van der Waals surface area contributed by atoms with Gasteiger partial charge < -0.3 is 39.4 Å². The van der Waals surface area contributed by atoms with Gasteiger partial charge in [-0.2, -0.15) is 0 Å². The smallest absolute Gasteiger partial charge is 0.224 e. The summed E-state index contributed by atoms with van der Waals surface area (Å²) in [5.74, 6) is -0.916. The Morgan fingerprint density at radius 3 is 2.47 bits per heavy atom. The molecule has 2 fully saturated rings. The Morgan fingerprint density at radius 2 is 1.81 bits per heavy atom. The third kappa shape index (κ3) is 4.53. The maximum atomic E-state index is 10.7. The molecule has 8 heteroatoms. The van der Waals surface area contributed by atoms with Gasteiger partial charge in [0.05, 0.1) is 19.8 Å². The molecule has 4 rings (SSSR count). The van der Waals surface area contributed by atoms with Gasteiger partial charge >= 0.3 is 0 Å². The topological polar surface area (TPSA) is 118 Å². The molecule has 2 aromatic rings. The van der Waals surface area contributed by atoms with Crippen LogP contribution in [0.5, 0.6) is 5.75 Å². The summed E-state index contributed by atoms with van der Waals surface area (Å²) in [5.41, 5.74) is 2.49. The van der Waals surface area contributed by atoms with Crippen molar-refractivity contribution in [3.8, 4) is 5.75 Å². The van der Waals surface area contributed by atoms with Crippen LogP contribution in [-0.4, -0.2) is 77.9 Å². The van der Waals surface area contributed by atoms with Crippen molar-refractivity contribution < 1.29 is 39.4 Å². The van der Waals surface area contributed by atoms with Gasteiger partial charge in [-0.05, 0) is 35.7 Å². The normalized spacial score (nSPS) is 32.7. The van der Waals surface area contributed by atoms with Crippen LogP contribution < -0.4 is 4.74 Å². The number of rotatable bonds is 7. The lowest BCUT2D eigenvalue weighted by Gasteiger charge is -2.47.